The van der Waals surface area contributed by atoms with Crippen molar-refractivity contribution in [3.63, 3.8) is 0 Å². The predicted molar refractivity (Wildman–Crippen MR) is 113 cm³/mol. The highest BCUT2D eigenvalue weighted by Gasteiger charge is 2.41. The molecule has 0 atom stereocenters. The summed E-state index contributed by atoms with van der Waals surface area (Å²) in [5, 5.41) is 2.88. The van der Waals surface area contributed by atoms with Crippen LogP contribution >= 0.6 is 0 Å². The first kappa shape index (κ1) is 19.8. The number of carbonyl (C=O) groups is 3. The summed E-state index contributed by atoms with van der Waals surface area (Å²) in [5.74, 6) is 0.508. The Morgan fingerprint density at radius 3 is 2.30 bits per heavy atom. The van der Waals surface area contributed by atoms with E-state index in [1.54, 1.807) is 65.4 Å². The number of imide groups is 1. The van der Waals surface area contributed by atoms with Crippen molar-refractivity contribution < 1.29 is 19.1 Å². The van der Waals surface area contributed by atoms with E-state index in [9.17, 15) is 14.4 Å². The molecule has 8 heteroatoms. The third-order valence-electron chi connectivity index (χ3n) is 5.54. The molecule has 8 nitrogen and oxygen atoms in total. The van der Waals surface area contributed by atoms with Gasteiger partial charge in [0, 0.05) is 24.8 Å². The summed E-state index contributed by atoms with van der Waals surface area (Å²) in [6, 6.07) is 15.6. The zero-order chi connectivity index (χ0) is 21.1. The molecule has 0 aromatic heterocycles. The number of anilines is 2. The second-order valence-electron chi connectivity index (χ2n) is 7.35. The fourth-order valence-electron chi connectivity index (χ4n) is 3.89. The molecule has 0 spiro atoms. The van der Waals surface area contributed by atoms with Crippen LogP contribution in [0.4, 0.5) is 21.0 Å². The number of urea groups is 2. The first-order valence-electron chi connectivity index (χ1n) is 9.95. The molecule has 2 saturated heterocycles. The Hall–Kier alpha value is -3.55. The maximum Gasteiger partial charge on any atom is 0.332 e. The Morgan fingerprint density at radius 2 is 1.67 bits per heavy atom. The van der Waals surface area contributed by atoms with Gasteiger partial charge in [-0.25, -0.2) is 14.5 Å². The van der Waals surface area contributed by atoms with Gasteiger partial charge < -0.3 is 19.9 Å². The normalized spacial score (nSPS) is 17.4. The summed E-state index contributed by atoms with van der Waals surface area (Å²) in [6.45, 7) is 1.13. The van der Waals surface area contributed by atoms with Crippen LogP contribution in [0.15, 0.2) is 54.6 Å². The lowest BCUT2D eigenvalue weighted by Crippen LogP contribution is -2.49. The highest BCUT2D eigenvalue weighted by atomic mass is 16.5. The molecule has 2 fully saturated rings. The van der Waals surface area contributed by atoms with E-state index in [-0.39, 0.29) is 30.6 Å². The van der Waals surface area contributed by atoms with E-state index in [0.717, 1.165) is 5.75 Å². The van der Waals surface area contributed by atoms with Gasteiger partial charge in [0.2, 0.25) is 0 Å². The van der Waals surface area contributed by atoms with Gasteiger partial charge in [-0.2, -0.15) is 0 Å². The molecule has 30 heavy (non-hydrogen) atoms. The Labute approximate surface area is 175 Å². The molecule has 5 amide bonds. The summed E-state index contributed by atoms with van der Waals surface area (Å²) < 4.78 is 5.12. The van der Waals surface area contributed by atoms with Crippen molar-refractivity contribution in [3.05, 3.63) is 54.6 Å². The molecule has 1 N–H and O–H groups in total. The number of nitrogens with one attached hydrogen (secondary N) is 1. The number of ether oxygens (including phenoxy) is 1. The van der Waals surface area contributed by atoms with Gasteiger partial charge in [0.05, 0.1) is 12.8 Å². The molecule has 2 heterocycles. The standard InChI is InChI=1S/C22H24N4O4/c1-30-19-9-7-16(8-10-19)23-21(28)24-13-11-17(12-14-24)25-15-20(27)26(22(25)29)18-5-3-2-4-6-18/h2-10,17H,11-15H2,1H3,(H,23,28). The topological polar surface area (TPSA) is 82.2 Å². The van der Waals surface area contributed by atoms with Crippen LogP contribution in [0.3, 0.4) is 0 Å². The molecule has 2 aromatic carbocycles. The van der Waals surface area contributed by atoms with E-state index in [4.69, 9.17) is 4.74 Å². The zero-order valence-corrected chi connectivity index (χ0v) is 16.8. The number of para-hydroxylation sites is 1. The average molecular weight is 408 g/mol. The van der Waals surface area contributed by atoms with Crippen LogP contribution in [0, 0.1) is 0 Å². The number of piperidine rings is 1. The van der Waals surface area contributed by atoms with Gasteiger partial charge in [0.25, 0.3) is 5.91 Å². The lowest BCUT2D eigenvalue weighted by atomic mass is 10.0. The highest BCUT2D eigenvalue weighted by Crippen LogP contribution is 2.26. The summed E-state index contributed by atoms with van der Waals surface area (Å²) in [4.78, 5) is 42.4. The Morgan fingerprint density at radius 1 is 1.00 bits per heavy atom. The van der Waals surface area contributed by atoms with Crippen LogP contribution in [0.2, 0.25) is 0 Å². The molecule has 2 aliphatic rings. The molecule has 0 aliphatic carbocycles. The third-order valence-corrected chi connectivity index (χ3v) is 5.54. The number of hydrogen-bond acceptors (Lipinski definition) is 4. The number of methoxy groups -OCH3 is 1. The maximum atomic E-state index is 12.9. The molecule has 0 bridgehead atoms. The fourth-order valence-corrected chi connectivity index (χ4v) is 3.89. The summed E-state index contributed by atoms with van der Waals surface area (Å²) in [5.41, 5.74) is 1.29. The third kappa shape index (κ3) is 3.94. The molecule has 2 aromatic rings. The predicted octanol–water partition coefficient (Wildman–Crippen LogP) is 3.16. The highest BCUT2D eigenvalue weighted by molar-refractivity contribution is 6.19. The number of benzene rings is 2. The van der Waals surface area contributed by atoms with Gasteiger partial charge in [-0.3, -0.25) is 4.79 Å². The zero-order valence-electron chi connectivity index (χ0n) is 16.8. The summed E-state index contributed by atoms with van der Waals surface area (Å²) in [6.07, 6.45) is 1.27. The van der Waals surface area contributed by atoms with Crippen molar-refractivity contribution >= 4 is 29.3 Å². The second kappa shape index (κ2) is 8.44. The van der Waals surface area contributed by atoms with Crippen LogP contribution in [0.25, 0.3) is 0 Å². The fraction of sp³-hybridized carbons (Fsp3) is 0.318. The molecular weight excluding hydrogens is 384 g/mol. The van der Waals surface area contributed by atoms with E-state index >= 15 is 0 Å². The Kier molecular flexibility index (Phi) is 5.56. The molecule has 156 valence electrons. The number of rotatable bonds is 4. The van der Waals surface area contributed by atoms with Gasteiger partial charge in [-0.1, -0.05) is 18.2 Å². The van der Waals surface area contributed by atoms with Gasteiger partial charge >= 0.3 is 12.1 Å². The lowest BCUT2D eigenvalue weighted by Gasteiger charge is -2.36. The van der Waals surface area contributed by atoms with Crippen molar-refractivity contribution in [1.82, 2.24) is 9.80 Å². The Balaban J connectivity index is 1.33. The van der Waals surface area contributed by atoms with Crippen LogP contribution < -0.4 is 15.0 Å². The van der Waals surface area contributed by atoms with Gasteiger partial charge in [-0.15, -0.1) is 0 Å². The Bertz CT molecular complexity index is 924. The van der Waals surface area contributed by atoms with E-state index in [1.807, 2.05) is 6.07 Å². The number of nitrogens with zero attached hydrogens (tertiary/aromatic N) is 3. The molecule has 0 unspecified atom stereocenters. The van der Waals surface area contributed by atoms with Crippen molar-refractivity contribution in [3.8, 4) is 5.75 Å². The van der Waals surface area contributed by atoms with Gasteiger partial charge in [0.1, 0.15) is 12.3 Å². The van der Waals surface area contributed by atoms with E-state index < -0.39 is 0 Å². The average Bonchev–Trinajstić information content (AvgIpc) is 3.08. The number of carbonyl (C=O) groups excluding carboxylic acids is 3. The van der Waals surface area contributed by atoms with Crippen molar-refractivity contribution in [2.45, 2.75) is 18.9 Å². The number of likely N-dealkylation sites (tertiary alicyclic amines) is 1. The first-order chi connectivity index (χ1) is 14.6. The van der Waals surface area contributed by atoms with Crippen LogP contribution in [-0.2, 0) is 4.79 Å². The monoisotopic (exact) mass is 408 g/mol. The van der Waals surface area contributed by atoms with E-state index in [1.165, 1.54) is 4.90 Å². The molecule has 4 rings (SSSR count). The molecule has 0 radical (unpaired) electrons. The van der Waals surface area contributed by atoms with Crippen LogP contribution in [0.5, 0.6) is 5.75 Å². The minimum absolute atomic E-state index is 0.0554. The summed E-state index contributed by atoms with van der Waals surface area (Å²) >= 11 is 0. The smallest absolute Gasteiger partial charge is 0.332 e. The maximum absolute atomic E-state index is 12.9. The van der Waals surface area contributed by atoms with Gasteiger partial charge in [0.15, 0.2) is 0 Å². The van der Waals surface area contributed by atoms with Crippen LogP contribution in [0.1, 0.15) is 12.8 Å². The minimum atomic E-state index is -0.285. The lowest BCUT2D eigenvalue weighted by molar-refractivity contribution is -0.116. The van der Waals surface area contributed by atoms with Crippen molar-refractivity contribution in [1.29, 1.82) is 0 Å². The molecular formula is C22H24N4O4. The largest absolute Gasteiger partial charge is 0.497 e. The quantitative estimate of drug-likeness (QED) is 0.788. The molecule has 2 aliphatic heterocycles. The van der Waals surface area contributed by atoms with Crippen molar-refractivity contribution in [2.75, 3.05) is 37.0 Å². The van der Waals surface area contributed by atoms with Crippen LogP contribution in [-0.4, -0.2) is 60.6 Å². The SMILES string of the molecule is COc1ccc(NC(=O)N2CCC(N3CC(=O)N(c4ccccc4)C3=O)CC2)cc1. The van der Waals surface area contributed by atoms with E-state index in [2.05, 4.69) is 5.32 Å². The van der Waals surface area contributed by atoms with Gasteiger partial charge in [-0.05, 0) is 49.2 Å². The minimum Gasteiger partial charge on any atom is -0.497 e. The number of hydrogen-bond donors (Lipinski definition) is 1. The summed E-state index contributed by atoms with van der Waals surface area (Å²) in [7, 11) is 1.59. The second-order valence-corrected chi connectivity index (χ2v) is 7.35. The first-order valence-corrected chi connectivity index (χ1v) is 9.95. The van der Waals surface area contributed by atoms with Crippen molar-refractivity contribution in [2.24, 2.45) is 0 Å². The molecule has 0 saturated carbocycles. The van der Waals surface area contributed by atoms with E-state index in [0.29, 0.717) is 37.3 Å². The number of amides is 5.